The van der Waals surface area contributed by atoms with Gasteiger partial charge < -0.3 is 15.4 Å². The average molecular weight is 441 g/mol. The van der Waals surface area contributed by atoms with Crippen LogP contribution in [0.3, 0.4) is 0 Å². The lowest BCUT2D eigenvalue weighted by molar-refractivity contribution is -0.139. The lowest BCUT2D eigenvalue weighted by Gasteiger charge is -2.39. The van der Waals surface area contributed by atoms with Gasteiger partial charge in [-0.1, -0.05) is 35.3 Å². The van der Waals surface area contributed by atoms with Crippen LogP contribution >= 0.6 is 23.2 Å². The summed E-state index contributed by atoms with van der Waals surface area (Å²) in [5.74, 6) is -0.461. The molecule has 3 rings (SSSR count). The lowest BCUT2D eigenvalue weighted by Crippen LogP contribution is -2.52. The second-order valence-corrected chi connectivity index (χ2v) is 7.66. The first-order valence-electron chi connectivity index (χ1n) is 9.83. The van der Waals surface area contributed by atoms with Gasteiger partial charge >= 0.3 is 12.0 Å². The minimum Gasteiger partial charge on any atom is -0.463 e. The summed E-state index contributed by atoms with van der Waals surface area (Å²) < 4.78 is 5.37. The number of piperazine rings is 1. The number of nitrogens with one attached hydrogen (secondary N) is 2. The molecule has 2 N–H and O–H groups in total. The Hall–Kier alpha value is -1.80. The highest BCUT2D eigenvalue weighted by Gasteiger charge is 2.39. The molecule has 1 aromatic rings. The van der Waals surface area contributed by atoms with Gasteiger partial charge in [-0.25, -0.2) is 9.59 Å². The van der Waals surface area contributed by atoms with Gasteiger partial charge in [0.15, 0.2) is 0 Å². The monoisotopic (exact) mass is 440 g/mol. The first-order chi connectivity index (χ1) is 14.0. The fourth-order valence-electron chi connectivity index (χ4n) is 3.72. The molecule has 1 fully saturated rings. The summed E-state index contributed by atoms with van der Waals surface area (Å²) in [4.78, 5) is 29.8. The number of esters is 1. The van der Waals surface area contributed by atoms with E-state index in [0.717, 1.165) is 26.2 Å². The second-order valence-electron chi connectivity index (χ2n) is 6.88. The number of rotatable bonds is 6. The third kappa shape index (κ3) is 4.69. The van der Waals surface area contributed by atoms with Gasteiger partial charge in [0.1, 0.15) is 0 Å². The van der Waals surface area contributed by atoms with Gasteiger partial charge in [-0.3, -0.25) is 9.80 Å². The number of halogens is 2. The molecule has 1 saturated heterocycles. The summed E-state index contributed by atoms with van der Waals surface area (Å²) >= 11 is 12.6. The van der Waals surface area contributed by atoms with Crippen LogP contribution in [-0.4, -0.2) is 67.7 Å². The van der Waals surface area contributed by atoms with Crippen LogP contribution in [0.5, 0.6) is 0 Å². The van der Waals surface area contributed by atoms with E-state index in [1.54, 1.807) is 30.0 Å². The standard InChI is InChI=1S/C20H26Cl2N4O3/c1-3-26-15(12-25-10-8-23-9-11-25)16(19(27)29-4-2)18(24-20(26)28)13-6-5-7-14(21)17(13)22/h5-7,18,23H,3-4,8-12H2,1-2H3,(H,24,28). The van der Waals surface area contributed by atoms with Crippen molar-refractivity contribution in [3.05, 3.63) is 45.1 Å². The van der Waals surface area contributed by atoms with Gasteiger partial charge in [0, 0.05) is 45.0 Å². The highest BCUT2D eigenvalue weighted by atomic mass is 35.5. The molecule has 0 aromatic heterocycles. The Morgan fingerprint density at radius 1 is 1.24 bits per heavy atom. The molecule has 158 valence electrons. The molecule has 0 bridgehead atoms. The summed E-state index contributed by atoms with van der Waals surface area (Å²) in [7, 11) is 0. The molecule has 0 spiro atoms. The maximum Gasteiger partial charge on any atom is 0.338 e. The highest BCUT2D eigenvalue weighted by molar-refractivity contribution is 6.42. The van der Waals surface area contributed by atoms with Crippen LogP contribution in [-0.2, 0) is 9.53 Å². The highest BCUT2D eigenvalue weighted by Crippen LogP contribution is 2.37. The summed E-state index contributed by atoms with van der Waals surface area (Å²) in [5, 5.41) is 6.90. The minimum atomic E-state index is -0.728. The number of amides is 2. The summed E-state index contributed by atoms with van der Waals surface area (Å²) in [5.41, 5.74) is 1.62. The second kappa shape index (κ2) is 9.80. The molecule has 2 amide bonds. The van der Waals surface area contributed by atoms with Crippen LogP contribution in [0.25, 0.3) is 0 Å². The summed E-state index contributed by atoms with van der Waals surface area (Å²) in [6.07, 6.45) is 0. The predicted molar refractivity (Wildman–Crippen MR) is 113 cm³/mol. The van der Waals surface area contributed by atoms with Gasteiger partial charge in [0.2, 0.25) is 0 Å². The van der Waals surface area contributed by atoms with Crippen molar-refractivity contribution in [2.75, 3.05) is 45.9 Å². The fraction of sp³-hybridized carbons (Fsp3) is 0.500. The Labute approximate surface area is 181 Å². The lowest BCUT2D eigenvalue weighted by atomic mass is 9.94. The van der Waals surface area contributed by atoms with Crippen molar-refractivity contribution in [1.29, 1.82) is 0 Å². The molecule has 2 aliphatic heterocycles. The molecule has 0 saturated carbocycles. The summed E-state index contributed by atoms with van der Waals surface area (Å²) in [6, 6.07) is 4.19. The quantitative estimate of drug-likeness (QED) is 0.665. The molecule has 9 heteroatoms. The molecule has 2 heterocycles. The van der Waals surface area contributed by atoms with Crippen LogP contribution in [0.15, 0.2) is 29.5 Å². The van der Waals surface area contributed by atoms with Crippen molar-refractivity contribution in [2.24, 2.45) is 0 Å². The zero-order valence-corrected chi connectivity index (χ0v) is 18.1. The molecular weight excluding hydrogens is 415 g/mol. The number of hydrogen-bond acceptors (Lipinski definition) is 5. The number of urea groups is 1. The average Bonchev–Trinajstić information content (AvgIpc) is 2.71. The molecule has 1 atom stereocenters. The van der Waals surface area contributed by atoms with Crippen LogP contribution < -0.4 is 10.6 Å². The van der Waals surface area contributed by atoms with Crippen molar-refractivity contribution < 1.29 is 14.3 Å². The molecule has 0 aliphatic carbocycles. The van der Waals surface area contributed by atoms with Crippen molar-refractivity contribution >= 4 is 35.2 Å². The molecular formula is C20H26Cl2N4O3. The first-order valence-corrected chi connectivity index (χ1v) is 10.6. The Kier molecular flexibility index (Phi) is 7.40. The van der Waals surface area contributed by atoms with Crippen LogP contribution in [0.4, 0.5) is 4.79 Å². The Morgan fingerprint density at radius 3 is 2.62 bits per heavy atom. The topological polar surface area (TPSA) is 73.9 Å². The first kappa shape index (κ1) is 21.9. The number of carbonyl (C=O) groups excluding carboxylic acids is 2. The van der Waals surface area contributed by atoms with E-state index in [2.05, 4.69) is 15.5 Å². The van der Waals surface area contributed by atoms with Crippen LogP contribution in [0, 0.1) is 0 Å². The Morgan fingerprint density at radius 2 is 1.97 bits per heavy atom. The van der Waals surface area contributed by atoms with E-state index in [1.165, 1.54) is 0 Å². The maximum atomic E-state index is 13.0. The minimum absolute atomic E-state index is 0.235. The number of carbonyl (C=O) groups is 2. The number of hydrogen-bond donors (Lipinski definition) is 2. The van der Waals surface area contributed by atoms with Crippen molar-refractivity contribution in [1.82, 2.24) is 20.4 Å². The van der Waals surface area contributed by atoms with Crippen LogP contribution in [0.2, 0.25) is 10.0 Å². The van der Waals surface area contributed by atoms with E-state index in [9.17, 15) is 9.59 Å². The van der Waals surface area contributed by atoms with Crippen LogP contribution in [0.1, 0.15) is 25.5 Å². The third-order valence-electron chi connectivity index (χ3n) is 5.13. The van der Waals surface area contributed by atoms with E-state index >= 15 is 0 Å². The molecule has 7 nitrogen and oxygen atoms in total. The Bertz CT molecular complexity index is 809. The predicted octanol–water partition coefficient (Wildman–Crippen LogP) is 2.80. The molecule has 1 unspecified atom stereocenters. The number of ether oxygens (including phenoxy) is 1. The van der Waals surface area contributed by atoms with Gasteiger partial charge in [0.25, 0.3) is 0 Å². The largest absolute Gasteiger partial charge is 0.463 e. The van der Waals surface area contributed by atoms with Gasteiger partial charge in [-0.2, -0.15) is 0 Å². The number of benzene rings is 1. The molecule has 2 aliphatic rings. The van der Waals surface area contributed by atoms with E-state index in [-0.39, 0.29) is 12.6 Å². The third-order valence-corrected chi connectivity index (χ3v) is 5.96. The normalized spacial score (nSPS) is 20.6. The molecule has 1 aromatic carbocycles. The molecule has 29 heavy (non-hydrogen) atoms. The van der Waals surface area contributed by atoms with Crippen molar-refractivity contribution in [3.63, 3.8) is 0 Å². The van der Waals surface area contributed by atoms with E-state index in [4.69, 9.17) is 27.9 Å². The van der Waals surface area contributed by atoms with Crippen molar-refractivity contribution in [3.8, 4) is 0 Å². The summed E-state index contributed by atoms with van der Waals surface area (Å²) in [6.45, 7) is 8.19. The van der Waals surface area contributed by atoms with Gasteiger partial charge in [-0.15, -0.1) is 0 Å². The SMILES string of the molecule is CCOC(=O)C1=C(CN2CCNCC2)N(CC)C(=O)NC1c1cccc(Cl)c1Cl. The van der Waals surface area contributed by atoms with E-state index < -0.39 is 12.0 Å². The zero-order chi connectivity index (χ0) is 21.0. The maximum absolute atomic E-state index is 13.0. The zero-order valence-electron chi connectivity index (χ0n) is 16.6. The van der Waals surface area contributed by atoms with E-state index in [1.807, 2.05) is 6.92 Å². The Balaban J connectivity index is 2.12. The van der Waals surface area contributed by atoms with Gasteiger partial charge in [0.05, 0.1) is 28.3 Å². The van der Waals surface area contributed by atoms with Crippen molar-refractivity contribution in [2.45, 2.75) is 19.9 Å². The fourth-order valence-corrected chi connectivity index (χ4v) is 4.13. The van der Waals surface area contributed by atoms with Gasteiger partial charge in [-0.05, 0) is 25.5 Å². The molecule has 0 radical (unpaired) electrons. The number of likely N-dealkylation sites (N-methyl/N-ethyl adjacent to an activating group) is 1. The smallest absolute Gasteiger partial charge is 0.338 e. The van der Waals surface area contributed by atoms with E-state index in [0.29, 0.717) is 40.0 Å². The number of nitrogens with zero attached hydrogens (tertiary/aromatic N) is 2.